The Hall–Kier alpha value is -4.48. The molecule has 2 amide bonds. The van der Waals surface area contributed by atoms with Gasteiger partial charge in [-0.05, 0) is 94.8 Å². The number of benzene rings is 4. The van der Waals surface area contributed by atoms with Crippen molar-refractivity contribution in [1.82, 2.24) is 5.43 Å². The van der Waals surface area contributed by atoms with E-state index in [0.717, 1.165) is 0 Å². The van der Waals surface area contributed by atoms with E-state index in [2.05, 4.69) is 47.7 Å². The number of rotatable bonds is 9. The lowest BCUT2D eigenvalue weighted by atomic mass is 10.1. The number of hydrogen-bond donors (Lipinski definition) is 2. The number of nitrogens with zero attached hydrogens (tertiary/aromatic N) is 1. The molecule has 9 nitrogen and oxygen atoms in total. The van der Waals surface area contributed by atoms with E-state index >= 15 is 0 Å². The number of anilines is 1. The van der Waals surface area contributed by atoms with Crippen LogP contribution >= 0.6 is 31.9 Å². The van der Waals surface area contributed by atoms with E-state index in [1.807, 2.05) is 0 Å². The number of nitrogens with one attached hydrogen (secondary N) is 2. The van der Waals surface area contributed by atoms with E-state index in [9.17, 15) is 14.4 Å². The lowest BCUT2D eigenvalue weighted by molar-refractivity contribution is 0.0732. The third-order valence-corrected chi connectivity index (χ3v) is 6.71. The quantitative estimate of drug-likeness (QED) is 0.0907. The lowest BCUT2D eigenvalue weighted by Gasteiger charge is -2.11. The molecule has 0 aliphatic heterocycles. The number of ether oxygens (including phenoxy) is 3. The second-order valence-electron chi connectivity index (χ2n) is 8.39. The summed E-state index contributed by atoms with van der Waals surface area (Å²) in [5, 5.41) is 6.81. The van der Waals surface area contributed by atoms with Crippen LogP contribution in [0.4, 0.5) is 5.69 Å². The molecule has 4 rings (SSSR count). The average Bonchev–Trinajstić information content (AvgIpc) is 2.98. The Morgan fingerprint density at radius 3 is 2.02 bits per heavy atom. The summed E-state index contributed by atoms with van der Waals surface area (Å²) in [5.74, 6) is 0.0459. The number of hydrogen-bond acceptors (Lipinski definition) is 7. The molecule has 208 valence electrons. The van der Waals surface area contributed by atoms with Gasteiger partial charge in [-0.1, -0.05) is 22.0 Å². The molecule has 0 spiro atoms. The van der Waals surface area contributed by atoms with E-state index in [4.69, 9.17) is 14.2 Å². The molecule has 11 heteroatoms. The standard InChI is InChI=1S/C30H23Br2N3O6/c1-39-24-10-6-18(7-11-24)28(36)34-23-5-3-4-20(15-23)29(37)35-33-17-21-14-22(31)16-26(32)27(21)41-30(38)19-8-12-25(40-2)13-9-19/h3-17H,1-2H3,(H,34,36)(H,35,37). The molecule has 4 aromatic carbocycles. The number of halogens is 2. The summed E-state index contributed by atoms with van der Waals surface area (Å²) in [6.45, 7) is 0. The lowest BCUT2D eigenvalue weighted by Crippen LogP contribution is -2.18. The summed E-state index contributed by atoms with van der Waals surface area (Å²) in [6.07, 6.45) is 1.36. The molecule has 4 aromatic rings. The van der Waals surface area contributed by atoms with Crippen LogP contribution in [0.5, 0.6) is 17.2 Å². The van der Waals surface area contributed by atoms with Crippen LogP contribution in [0.1, 0.15) is 36.6 Å². The van der Waals surface area contributed by atoms with E-state index in [1.54, 1.807) is 86.0 Å². The molecular formula is C30H23Br2N3O6. The van der Waals surface area contributed by atoms with Gasteiger partial charge in [-0.25, -0.2) is 10.2 Å². The summed E-state index contributed by atoms with van der Waals surface area (Å²) >= 11 is 6.82. The first-order valence-electron chi connectivity index (χ1n) is 12.0. The van der Waals surface area contributed by atoms with Gasteiger partial charge in [0.05, 0.1) is 30.5 Å². The maximum atomic E-state index is 12.8. The van der Waals surface area contributed by atoms with Gasteiger partial charge >= 0.3 is 5.97 Å². The van der Waals surface area contributed by atoms with Gasteiger partial charge in [-0.3, -0.25) is 9.59 Å². The Balaban J connectivity index is 1.44. The predicted molar refractivity (Wildman–Crippen MR) is 162 cm³/mol. The van der Waals surface area contributed by atoms with Crippen LogP contribution in [0.2, 0.25) is 0 Å². The highest BCUT2D eigenvalue weighted by molar-refractivity contribution is 9.11. The monoisotopic (exact) mass is 679 g/mol. The zero-order valence-corrected chi connectivity index (χ0v) is 25.0. The van der Waals surface area contributed by atoms with Gasteiger partial charge in [0.25, 0.3) is 11.8 Å². The molecule has 0 heterocycles. The van der Waals surface area contributed by atoms with Crippen molar-refractivity contribution in [2.75, 3.05) is 19.5 Å². The number of esters is 1. The third-order valence-electron chi connectivity index (χ3n) is 5.66. The summed E-state index contributed by atoms with van der Waals surface area (Å²) in [4.78, 5) is 38.1. The summed E-state index contributed by atoms with van der Waals surface area (Å²) in [7, 11) is 3.08. The molecule has 0 unspecified atom stereocenters. The van der Waals surface area contributed by atoms with Crippen molar-refractivity contribution in [3.05, 3.63) is 116 Å². The van der Waals surface area contributed by atoms with Gasteiger partial charge in [-0.2, -0.15) is 5.10 Å². The fraction of sp³-hybridized carbons (Fsp3) is 0.0667. The van der Waals surface area contributed by atoms with Crippen LogP contribution in [-0.2, 0) is 0 Å². The number of carbonyl (C=O) groups is 3. The largest absolute Gasteiger partial charge is 0.497 e. The minimum Gasteiger partial charge on any atom is -0.497 e. The Bertz CT molecular complexity index is 1610. The van der Waals surface area contributed by atoms with Gasteiger partial charge in [0.1, 0.15) is 11.5 Å². The highest BCUT2D eigenvalue weighted by Gasteiger charge is 2.16. The van der Waals surface area contributed by atoms with Gasteiger partial charge in [0, 0.05) is 26.9 Å². The summed E-state index contributed by atoms with van der Waals surface area (Å²) in [6, 6.07) is 23.0. The third kappa shape index (κ3) is 7.80. The fourth-order valence-electron chi connectivity index (χ4n) is 3.57. The predicted octanol–water partition coefficient (Wildman–Crippen LogP) is 6.46. The maximum Gasteiger partial charge on any atom is 0.343 e. The van der Waals surface area contributed by atoms with Gasteiger partial charge in [0.15, 0.2) is 5.75 Å². The molecule has 0 atom stereocenters. The highest BCUT2D eigenvalue weighted by atomic mass is 79.9. The van der Waals surface area contributed by atoms with Gasteiger partial charge in [0.2, 0.25) is 0 Å². The van der Waals surface area contributed by atoms with Crippen molar-refractivity contribution in [3.63, 3.8) is 0 Å². The van der Waals surface area contributed by atoms with Crippen LogP contribution in [0.3, 0.4) is 0 Å². The van der Waals surface area contributed by atoms with Crippen molar-refractivity contribution in [2.24, 2.45) is 5.10 Å². The van der Waals surface area contributed by atoms with Crippen LogP contribution in [-0.4, -0.2) is 38.2 Å². The minimum atomic E-state index is -0.581. The molecule has 0 bridgehead atoms. The molecule has 0 fully saturated rings. The van der Waals surface area contributed by atoms with E-state index in [0.29, 0.717) is 42.8 Å². The number of carbonyl (C=O) groups excluding carboxylic acids is 3. The van der Waals surface area contributed by atoms with Gasteiger partial charge < -0.3 is 19.5 Å². The Labute approximate surface area is 252 Å². The van der Waals surface area contributed by atoms with Crippen LogP contribution in [0, 0.1) is 0 Å². The second-order valence-corrected chi connectivity index (χ2v) is 10.2. The topological polar surface area (TPSA) is 115 Å². The zero-order valence-electron chi connectivity index (χ0n) is 21.8. The molecule has 2 N–H and O–H groups in total. The molecule has 0 saturated heterocycles. The first kappa shape index (κ1) is 29.5. The van der Waals surface area contributed by atoms with E-state index in [-0.39, 0.29) is 17.2 Å². The minimum absolute atomic E-state index is 0.218. The van der Waals surface area contributed by atoms with Crippen LogP contribution in [0.25, 0.3) is 0 Å². The van der Waals surface area contributed by atoms with Crippen LogP contribution in [0.15, 0.2) is 99.0 Å². The number of amides is 2. The van der Waals surface area contributed by atoms with Crippen molar-refractivity contribution in [2.45, 2.75) is 0 Å². The molecule has 0 radical (unpaired) electrons. The molecule has 41 heavy (non-hydrogen) atoms. The number of methoxy groups -OCH3 is 2. The van der Waals surface area contributed by atoms with Crippen molar-refractivity contribution in [3.8, 4) is 17.2 Å². The molecule has 0 aliphatic rings. The van der Waals surface area contributed by atoms with Gasteiger partial charge in [-0.15, -0.1) is 0 Å². The molecule has 0 saturated carbocycles. The van der Waals surface area contributed by atoms with Crippen molar-refractivity contribution >= 4 is 61.5 Å². The first-order chi connectivity index (χ1) is 19.8. The van der Waals surface area contributed by atoms with E-state index < -0.39 is 11.9 Å². The zero-order chi connectivity index (χ0) is 29.4. The molecular weight excluding hydrogens is 658 g/mol. The average molecular weight is 681 g/mol. The van der Waals surface area contributed by atoms with Crippen LogP contribution < -0.4 is 25.0 Å². The summed E-state index contributed by atoms with van der Waals surface area (Å²) in [5.41, 5.74) is 4.36. The Morgan fingerprint density at radius 1 is 0.756 bits per heavy atom. The van der Waals surface area contributed by atoms with E-state index in [1.165, 1.54) is 19.4 Å². The maximum absolute atomic E-state index is 12.8. The fourth-order valence-corrected chi connectivity index (χ4v) is 4.91. The summed E-state index contributed by atoms with van der Waals surface area (Å²) < 4.78 is 17.1. The molecule has 0 aliphatic carbocycles. The second kappa shape index (κ2) is 13.7. The van der Waals surface area contributed by atoms with Crippen molar-refractivity contribution in [1.29, 1.82) is 0 Å². The molecule has 0 aromatic heterocycles. The highest BCUT2D eigenvalue weighted by Crippen LogP contribution is 2.33. The smallest absolute Gasteiger partial charge is 0.343 e. The Morgan fingerprint density at radius 2 is 1.39 bits per heavy atom. The normalized spacial score (nSPS) is 10.6. The SMILES string of the molecule is COc1ccc(C(=O)Nc2cccc(C(=O)NN=Cc3cc(Br)cc(Br)c3OC(=O)c3ccc(OC)cc3)c2)cc1. The van der Waals surface area contributed by atoms with Crippen molar-refractivity contribution < 1.29 is 28.6 Å². The number of hydrazone groups is 1. The Kier molecular flexibility index (Phi) is 9.88. The first-order valence-corrected chi connectivity index (χ1v) is 13.6.